The van der Waals surface area contributed by atoms with Gasteiger partial charge in [0.2, 0.25) is 17.8 Å². The van der Waals surface area contributed by atoms with Crippen LogP contribution in [0, 0.1) is 0 Å². The Kier molecular flexibility index (Phi) is 12.0. The van der Waals surface area contributed by atoms with E-state index in [4.69, 9.17) is 26.1 Å². The van der Waals surface area contributed by atoms with Gasteiger partial charge in [0.05, 0.1) is 23.9 Å². The fourth-order valence-corrected chi connectivity index (χ4v) is 9.57. The summed E-state index contributed by atoms with van der Waals surface area (Å²) in [5, 5.41) is 9.34. The lowest BCUT2D eigenvalue weighted by Gasteiger charge is -2.45. The van der Waals surface area contributed by atoms with Gasteiger partial charge < -0.3 is 34.5 Å². The Labute approximate surface area is 369 Å². The van der Waals surface area contributed by atoms with Crippen LogP contribution >= 0.6 is 11.6 Å². The number of halogens is 1. The first-order valence-electron chi connectivity index (χ1n) is 21.9. The molecule has 63 heavy (non-hydrogen) atoms. The summed E-state index contributed by atoms with van der Waals surface area (Å²) in [5.74, 6) is -0.00988. The van der Waals surface area contributed by atoms with Crippen LogP contribution in [0.25, 0.3) is 16.5 Å². The minimum absolute atomic E-state index is 0.0935. The van der Waals surface area contributed by atoms with Crippen LogP contribution in [-0.2, 0) is 25.7 Å². The van der Waals surface area contributed by atoms with Crippen LogP contribution in [0.15, 0.2) is 59.5 Å². The van der Waals surface area contributed by atoms with Crippen molar-refractivity contribution < 1.29 is 28.7 Å². The maximum Gasteiger partial charge on any atom is 0.293 e. The number of nitrogens with one attached hydrogen (secondary N) is 3. The first-order chi connectivity index (χ1) is 30.4. The third-order valence-corrected chi connectivity index (χ3v) is 13.3. The summed E-state index contributed by atoms with van der Waals surface area (Å²) >= 11 is 6.60. The number of piperidine rings is 2. The molecule has 1 saturated carbocycles. The van der Waals surface area contributed by atoms with Crippen LogP contribution in [0.5, 0.6) is 5.75 Å². The molecule has 16 nitrogen and oxygen atoms in total. The first kappa shape index (κ1) is 42.5. The molecule has 6 heterocycles. The molecule has 0 bridgehead atoms. The quantitative estimate of drug-likeness (QED) is 0.163. The minimum atomic E-state index is -0.612. The Bertz CT molecular complexity index is 2560. The predicted octanol–water partition coefficient (Wildman–Crippen LogP) is 4.96. The maximum atomic E-state index is 13.2. The summed E-state index contributed by atoms with van der Waals surface area (Å²) in [6.07, 6.45) is 9.64. The van der Waals surface area contributed by atoms with E-state index in [-0.39, 0.29) is 60.3 Å². The normalized spacial score (nSPS) is 21.9. The van der Waals surface area contributed by atoms with E-state index < -0.39 is 11.9 Å². The van der Waals surface area contributed by atoms with E-state index in [1.54, 1.807) is 21.7 Å². The molecule has 4 aromatic rings. The van der Waals surface area contributed by atoms with E-state index in [2.05, 4.69) is 42.9 Å². The number of anilines is 3. The van der Waals surface area contributed by atoms with E-state index in [1.807, 2.05) is 44.2 Å². The van der Waals surface area contributed by atoms with Crippen LogP contribution < -0.4 is 31.1 Å². The summed E-state index contributed by atoms with van der Waals surface area (Å²) in [6.45, 7) is 7.32. The lowest BCUT2D eigenvalue weighted by molar-refractivity contribution is -0.137. The second kappa shape index (κ2) is 17.7. The molecule has 330 valence electrons. The van der Waals surface area contributed by atoms with Gasteiger partial charge in [0.15, 0.2) is 18.2 Å². The molecular formula is C46H52ClN9O7. The SMILES string of the molecule is CNC(=O)COc1cc2cc(Nc3nc(N4CCC(OC5CC(N6CC=C(c7ccc8c(c7)CN([C@@H]7CCC(=O)NC7=O)C8=O)CC6)C5)CC4)ncc3Cl)ccc2n(C(C)C)c1=O. The topological polar surface area (TPSA) is 180 Å². The Morgan fingerprint density at radius 1 is 0.984 bits per heavy atom. The van der Waals surface area contributed by atoms with E-state index in [0.29, 0.717) is 47.0 Å². The highest BCUT2D eigenvalue weighted by Gasteiger charge is 2.40. The highest BCUT2D eigenvalue weighted by atomic mass is 35.5. The number of ether oxygens (including phenoxy) is 2. The number of nitrogens with zero attached hydrogens (tertiary/aromatic N) is 6. The van der Waals surface area contributed by atoms with Gasteiger partial charge in [-0.1, -0.05) is 23.7 Å². The molecule has 2 aromatic carbocycles. The summed E-state index contributed by atoms with van der Waals surface area (Å²) in [6, 6.07) is 13.0. The monoisotopic (exact) mass is 877 g/mol. The number of carbonyl (C=O) groups is 4. The van der Waals surface area contributed by atoms with Gasteiger partial charge in [-0.05, 0) is 105 Å². The Morgan fingerprint density at radius 2 is 1.79 bits per heavy atom. The van der Waals surface area contributed by atoms with Gasteiger partial charge in [0.1, 0.15) is 11.1 Å². The van der Waals surface area contributed by atoms with Crippen molar-refractivity contribution in [1.82, 2.24) is 35.0 Å². The second-order valence-electron chi connectivity index (χ2n) is 17.3. The van der Waals surface area contributed by atoms with Crippen LogP contribution in [0.3, 0.4) is 0 Å². The van der Waals surface area contributed by atoms with Crippen molar-refractivity contribution in [2.24, 2.45) is 0 Å². The molecule has 2 aromatic heterocycles. The molecule has 2 saturated heterocycles. The van der Waals surface area contributed by atoms with Crippen LogP contribution in [-0.4, -0.2) is 112 Å². The number of likely N-dealkylation sites (N-methyl/N-ethyl adjacent to an activating group) is 1. The van der Waals surface area contributed by atoms with Crippen molar-refractivity contribution >= 4 is 69.2 Å². The van der Waals surface area contributed by atoms with Gasteiger partial charge in [-0.25, -0.2) is 4.98 Å². The zero-order valence-electron chi connectivity index (χ0n) is 35.7. The van der Waals surface area contributed by atoms with Gasteiger partial charge in [0.25, 0.3) is 17.4 Å². The van der Waals surface area contributed by atoms with Crippen molar-refractivity contribution in [3.05, 3.63) is 86.8 Å². The van der Waals surface area contributed by atoms with E-state index in [9.17, 15) is 24.0 Å². The fourth-order valence-electron chi connectivity index (χ4n) is 9.43. The van der Waals surface area contributed by atoms with Gasteiger partial charge >= 0.3 is 0 Å². The van der Waals surface area contributed by atoms with Gasteiger partial charge in [0, 0.05) is 74.9 Å². The van der Waals surface area contributed by atoms with E-state index in [1.165, 1.54) is 12.6 Å². The summed E-state index contributed by atoms with van der Waals surface area (Å²) in [5.41, 5.74) is 5.11. The molecule has 0 radical (unpaired) electrons. The number of fused-ring (bicyclic) bond motifs is 2. The lowest BCUT2D eigenvalue weighted by atomic mass is 9.86. The number of amides is 4. The number of hydrogen-bond donors (Lipinski definition) is 3. The zero-order chi connectivity index (χ0) is 43.9. The molecule has 9 rings (SSSR count). The molecule has 3 N–H and O–H groups in total. The Morgan fingerprint density at radius 3 is 2.52 bits per heavy atom. The molecule has 3 fully saturated rings. The molecule has 0 unspecified atom stereocenters. The first-order valence-corrected chi connectivity index (χ1v) is 22.2. The molecular weight excluding hydrogens is 826 g/mol. The average Bonchev–Trinajstić information content (AvgIpc) is 3.59. The Hall–Kier alpha value is -5.84. The van der Waals surface area contributed by atoms with E-state index in [0.717, 1.165) is 80.3 Å². The highest BCUT2D eigenvalue weighted by Crippen LogP contribution is 2.36. The number of imide groups is 1. The van der Waals surface area contributed by atoms with Crippen molar-refractivity contribution in [1.29, 1.82) is 0 Å². The summed E-state index contributed by atoms with van der Waals surface area (Å²) < 4.78 is 13.9. The van der Waals surface area contributed by atoms with Crippen LogP contribution in [0.2, 0.25) is 5.02 Å². The number of aromatic nitrogens is 3. The number of benzene rings is 2. The van der Waals surface area contributed by atoms with Crippen LogP contribution in [0.4, 0.5) is 17.5 Å². The maximum absolute atomic E-state index is 13.2. The van der Waals surface area contributed by atoms with Crippen molar-refractivity contribution in [2.75, 3.05) is 50.1 Å². The standard InChI is InChI=1S/C46H52ClN9O7/c1-26(2)56-37-7-5-31(19-29(37)20-39(45(56)61)62-25-41(58)48-3)50-42-36(47)23-49-46(52-42)54-16-12-33(13-17-54)63-34-21-32(22-34)53-14-10-27(11-15-53)28-4-6-35-30(18-28)24-55(44(35)60)38-8-9-40(57)51-43(38)59/h4-7,10,18-20,23,26,32-34,38H,8-9,11-17,21-22,24-25H2,1-3H3,(H,48,58)(H,49,50,52)(H,51,57,59)/t32?,34?,38-/m1/s1. The number of rotatable bonds is 12. The van der Waals surface area contributed by atoms with Crippen LogP contribution in [0.1, 0.15) is 86.3 Å². The molecule has 0 spiro atoms. The van der Waals surface area contributed by atoms with Crippen molar-refractivity contribution in [2.45, 2.75) is 95.7 Å². The zero-order valence-corrected chi connectivity index (χ0v) is 36.5. The average molecular weight is 878 g/mol. The fraction of sp³-hybridized carbons (Fsp3) is 0.457. The van der Waals surface area contributed by atoms with Gasteiger partial charge in [-0.2, -0.15) is 4.98 Å². The second-order valence-corrected chi connectivity index (χ2v) is 17.7. The lowest BCUT2D eigenvalue weighted by Crippen LogP contribution is -2.52. The molecule has 4 amide bonds. The van der Waals surface area contributed by atoms with Gasteiger partial charge in [-0.3, -0.25) is 34.2 Å². The smallest absolute Gasteiger partial charge is 0.293 e. The van der Waals surface area contributed by atoms with Crippen molar-refractivity contribution in [3.63, 3.8) is 0 Å². The molecule has 1 atom stereocenters. The number of pyridine rings is 1. The van der Waals surface area contributed by atoms with Gasteiger partial charge in [-0.15, -0.1) is 0 Å². The Balaban J connectivity index is 0.753. The third-order valence-electron chi connectivity index (χ3n) is 13.0. The van der Waals surface area contributed by atoms with E-state index >= 15 is 0 Å². The van der Waals surface area contributed by atoms with Crippen molar-refractivity contribution in [3.8, 4) is 5.75 Å². The number of carbonyl (C=O) groups excluding carboxylic acids is 4. The predicted molar refractivity (Wildman–Crippen MR) is 238 cm³/mol. The molecule has 1 aliphatic carbocycles. The minimum Gasteiger partial charge on any atom is -0.478 e. The number of hydrogen-bond acceptors (Lipinski definition) is 12. The summed E-state index contributed by atoms with van der Waals surface area (Å²) in [4.78, 5) is 78.0. The molecule has 4 aliphatic heterocycles. The summed E-state index contributed by atoms with van der Waals surface area (Å²) in [7, 11) is 1.51. The third kappa shape index (κ3) is 8.76. The largest absolute Gasteiger partial charge is 0.478 e. The molecule has 5 aliphatic rings. The molecule has 17 heteroatoms. The highest BCUT2D eigenvalue weighted by molar-refractivity contribution is 6.33.